The van der Waals surface area contributed by atoms with Gasteiger partial charge >= 0.3 is 6.18 Å². The number of rotatable bonds is 0. The number of fused-ring (bicyclic) bond motifs is 2. The van der Waals surface area contributed by atoms with E-state index in [1.54, 1.807) is 18.2 Å². The Kier molecular flexibility index (Phi) is 2.38. The number of para-hydroxylation sites is 1. The van der Waals surface area contributed by atoms with Crippen LogP contribution in [0.5, 0.6) is 0 Å². The minimum Gasteiger partial charge on any atom is -0.456 e. The number of benzene rings is 2. The Hall–Kier alpha value is -2.30. The predicted octanol–water partition coefficient (Wildman–Crippen LogP) is 3.97. The van der Waals surface area contributed by atoms with Gasteiger partial charge in [0.1, 0.15) is 11.2 Å². The van der Waals surface area contributed by atoms with Crippen LogP contribution in [0.3, 0.4) is 0 Å². The van der Waals surface area contributed by atoms with Crippen molar-refractivity contribution in [1.29, 1.82) is 0 Å². The third-order valence-electron chi connectivity index (χ3n) is 2.91. The summed E-state index contributed by atoms with van der Waals surface area (Å²) in [6, 6.07) is 9.71. The van der Waals surface area contributed by atoms with Crippen molar-refractivity contribution >= 4 is 21.9 Å². The van der Waals surface area contributed by atoms with E-state index in [1.165, 1.54) is 18.2 Å². The molecule has 0 unspecified atom stereocenters. The minimum absolute atomic E-state index is 0.0569. The molecule has 0 fully saturated rings. The van der Waals surface area contributed by atoms with Crippen molar-refractivity contribution in [2.45, 2.75) is 6.18 Å². The maximum absolute atomic E-state index is 12.9. The molecule has 0 N–H and O–H groups in total. The third kappa shape index (κ3) is 1.78. The van der Waals surface area contributed by atoms with Crippen LogP contribution in [0.25, 0.3) is 21.9 Å². The lowest BCUT2D eigenvalue weighted by Gasteiger charge is -2.09. The highest BCUT2D eigenvalue weighted by Crippen LogP contribution is 2.34. The van der Waals surface area contributed by atoms with Crippen LogP contribution in [0.2, 0.25) is 0 Å². The maximum atomic E-state index is 12.9. The fourth-order valence-electron chi connectivity index (χ4n) is 2.08. The summed E-state index contributed by atoms with van der Waals surface area (Å²) >= 11 is 0. The van der Waals surface area contributed by atoms with Gasteiger partial charge < -0.3 is 4.42 Å². The zero-order valence-electron chi connectivity index (χ0n) is 9.49. The highest BCUT2D eigenvalue weighted by Gasteiger charge is 2.34. The molecule has 0 bridgehead atoms. The standard InChI is InChI=1S/C14H7F3O2/c15-14(16,17)9-5-3-7-11-12(9)13(18)8-4-1-2-6-10(8)19-11/h1-7H. The zero-order chi connectivity index (χ0) is 13.6. The van der Waals surface area contributed by atoms with Crippen LogP contribution < -0.4 is 5.43 Å². The van der Waals surface area contributed by atoms with E-state index in [2.05, 4.69) is 0 Å². The Balaban J connectivity index is 2.57. The van der Waals surface area contributed by atoms with Gasteiger partial charge in [0.2, 0.25) is 5.43 Å². The van der Waals surface area contributed by atoms with E-state index >= 15 is 0 Å². The van der Waals surface area contributed by atoms with Crippen LogP contribution in [-0.4, -0.2) is 0 Å². The van der Waals surface area contributed by atoms with Crippen LogP contribution in [-0.2, 0) is 6.18 Å². The fraction of sp³-hybridized carbons (Fsp3) is 0.0714. The normalized spacial score (nSPS) is 12.2. The quantitative estimate of drug-likeness (QED) is 0.575. The number of hydrogen-bond donors (Lipinski definition) is 0. The van der Waals surface area contributed by atoms with Gasteiger partial charge in [0.15, 0.2) is 0 Å². The first-order chi connectivity index (χ1) is 8.98. The average Bonchev–Trinajstić information content (AvgIpc) is 2.37. The van der Waals surface area contributed by atoms with E-state index < -0.39 is 22.6 Å². The Morgan fingerprint density at radius 1 is 0.895 bits per heavy atom. The molecule has 19 heavy (non-hydrogen) atoms. The highest BCUT2D eigenvalue weighted by atomic mass is 19.4. The van der Waals surface area contributed by atoms with Gasteiger partial charge in [-0.25, -0.2) is 0 Å². The van der Waals surface area contributed by atoms with Crippen LogP contribution in [0, 0.1) is 0 Å². The molecule has 3 rings (SSSR count). The van der Waals surface area contributed by atoms with Gasteiger partial charge in [-0.3, -0.25) is 4.79 Å². The molecule has 1 heterocycles. The third-order valence-corrected chi connectivity index (χ3v) is 2.91. The number of halogens is 3. The van der Waals surface area contributed by atoms with E-state index in [4.69, 9.17) is 4.42 Å². The monoisotopic (exact) mass is 264 g/mol. The Labute approximate surface area is 105 Å². The largest absolute Gasteiger partial charge is 0.456 e. The molecule has 0 aliphatic carbocycles. The second-order valence-corrected chi connectivity index (χ2v) is 4.10. The van der Waals surface area contributed by atoms with Crippen molar-refractivity contribution < 1.29 is 17.6 Å². The molecule has 2 nitrogen and oxygen atoms in total. The van der Waals surface area contributed by atoms with E-state index in [-0.39, 0.29) is 16.6 Å². The lowest BCUT2D eigenvalue weighted by Crippen LogP contribution is -2.12. The minimum atomic E-state index is -4.59. The first kappa shape index (κ1) is 11.8. The molecule has 2 aromatic carbocycles. The van der Waals surface area contributed by atoms with Crippen LogP contribution in [0.1, 0.15) is 5.56 Å². The molecule has 0 aliphatic rings. The fourth-order valence-corrected chi connectivity index (χ4v) is 2.08. The van der Waals surface area contributed by atoms with Gasteiger partial charge in [-0.1, -0.05) is 18.2 Å². The summed E-state index contributed by atoms with van der Waals surface area (Å²) in [7, 11) is 0. The summed E-state index contributed by atoms with van der Waals surface area (Å²) < 4.78 is 44.1. The molecule has 0 aliphatic heterocycles. The summed E-state index contributed by atoms with van der Waals surface area (Å²) in [6.07, 6.45) is -4.59. The summed E-state index contributed by atoms with van der Waals surface area (Å²) in [4.78, 5) is 12.2. The van der Waals surface area contributed by atoms with Gasteiger partial charge in [0.25, 0.3) is 0 Å². The van der Waals surface area contributed by atoms with Crippen molar-refractivity contribution in [2.24, 2.45) is 0 Å². The first-order valence-electron chi connectivity index (χ1n) is 5.50. The van der Waals surface area contributed by atoms with Crippen LogP contribution in [0.4, 0.5) is 13.2 Å². The topological polar surface area (TPSA) is 30.2 Å². The van der Waals surface area contributed by atoms with Crippen LogP contribution in [0.15, 0.2) is 51.7 Å². The molecule has 0 amide bonds. The second kappa shape index (κ2) is 3.85. The van der Waals surface area contributed by atoms with E-state index in [9.17, 15) is 18.0 Å². The SMILES string of the molecule is O=c1c2ccccc2oc2cccc(C(F)(F)F)c12. The van der Waals surface area contributed by atoms with E-state index in [1.807, 2.05) is 0 Å². The molecular formula is C14H7F3O2. The lowest BCUT2D eigenvalue weighted by molar-refractivity contribution is -0.136. The summed E-state index contributed by atoms with van der Waals surface area (Å²) in [5.74, 6) is 0. The molecule has 0 saturated carbocycles. The molecule has 1 aromatic heterocycles. The molecule has 0 atom stereocenters. The summed E-state index contributed by atoms with van der Waals surface area (Å²) in [5, 5.41) is -0.277. The second-order valence-electron chi connectivity index (χ2n) is 4.10. The number of hydrogen-bond acceptors (Lipinski definition) is 2. The Morgan fingerprint density at radius 3 is 2.32 bits per heavy atom. The van der Waals surface area contributed by atoms with Gasteiger partial charge in [-0.15, -0.1) is 0 Å². The van der Waals surface area contributed by atoms with Crippen molar-refractivity contribution in [3.8, 4) is 0 Å². The van der Waals surface area contributed by atoms with Crippen molar-refractivity contribution in [3.05, 3.63) is 58.3 Å². The van der Waals surface area contributed by atoms with Crippen LogP contribution >= 0.6 is 0 Å². The molecule has 0 radical (unpaired) electrons. The predicted molar refractivity (Wildman–Crippen MR) is 65.0 cm³/mol. The van der Waals surface area contributed by atoms with Gasteiger partial charge in [-0.2, -0.15) is 13.2 Å². The molecular weight excluding hydrogens is 257 g/mol. The van der Waals surface area contributed by atoms with Gasteiger partial charge in [-0.05, 0) is 24.3 Å². The smallest absolute Gasteiger partial charge is 0.417 e. The van der Waals surface area contributed by atoms with Crippen molar-refractivity contribution in [2.75, 3.05) is 0 Å². The Morgan fingerprint density at radius 2 is 1.58 bits per heavy atom. The van der Waals surface area contributed by atoms with E-state index in [0.717, 1.165) is 6.07 Å². The lowest BCUT2D eigenvalue weighted by atomic mass is 10.1. The molecule has 5 heteroatoms. The molecule has 3 aromatic rings. The molecule has 0 saturated heterocycles. The highest BCUT2D eigenvalue weighted by molar-refractivity contribution is 5.91. The first-order valence-corrected chi connectivity index (χ1v) is 5.50. The summed E-state index contributed by atoms with van der Waals surface area (Å²) in [6.45, 7) is 0. The molecule has 96 valence electrons. The number of alkyl halides is 3. The summed E-state index contributed by atoms with van der Waals surface area (Å²) in [5.41, 5.74) is -1.41. The van der Waals surface area contributed by atoms with Crippen molar-refractivity contribution in [1.82, 2.24) is 0 Å². The molecule has 0 spiro atoms. The van der Waals surface area contributed by atoms with Gasteiger partial charge in [0.05, 0.1) is 16.3 Å². The van der Waals surface area contributed by atoms with E-state index in [0.29, 0.717) is 0 Å². The van der Waals surface area contributed by atoms with Crippen molar-refractivity contribution in [3.63, 3.8) is 0 Å². The average molecular weight is 264 g/mol. The zero-order valence-corrected chi connectivity index (χ0v) is 9.49. The maximum Gasteiger partial charge on any atom is 0.417 e. The Bertz CT molecular complexity index is 831. The van der Waals surface area contributed by atoms with Gasteiger partial charge in [0, 0.05) is 0 Å².